The van der Waals surface area contributed by atoms with Crippen LogP contribution in [0.2, 0.25) is 0 Å². The maximum atomic E-state index is 10.8. The number of hydrogen-bond acceptors (Lipinski definition) is 3. The second kappa shape index (κ2) is 6.60. The molecule has 0 aliphatic carbocycles. The summed E-state index contributed by atoms with van der Waals surface area (Å²) in [5.74, 6) is -1.02. The van der Waals surface area contributed by atoms with Gasteiger partial charge in [0, 0.05) is 19.5 Å². The molecule has 0 aromatic rings. The first-order chi connectivity index (χ1) is 5.66. The number of carboxylic acids is 1. The van der Waals surface area contributed by atoms with E-state index in [2.05, 4.69) is 10.6 Å². The number of rotatable bonds is 6. The number of nitrogens with one attached hydrogen (secondary N) is 2. The van der Waals surface area contributed by atoms with E-state index in [0.717, 1.165) is 0 Å². The molecule has 0 aliphatic heterocycles. The maximum absolute atomic E-state index is 10.8. The third-order valence-corrected chi connectivity index (χ3v) is 1.26. The highest BCUT2D eigenvalue weighted by atomic mass is 16.4. The van der Waals surface area contributed by atoms with Crippen LogP contribution in [-0.4, -0.2) is 37.1 Å². The van der Waals surface area contributed by atoms with Gasteiger partial charge in [0.1, 0.15) is 0 Å². The molecular weight excluding hydrogens is 160 g/mol. The molecule has 0 bridgehead atoms. The molecule has 0 aliphatic rings. The zero-order chi connectivity index (χ0) is 9.40. The Hall–Kier alpha value is -1.10. The summed E-state index contributed by atoms with van der Waals surface area (Å²) >= 11 is 0. The molecule has 5 heteroatoms. The minimum absolute atomic E-state index is 0.0225. The molecule has 0 saturated heterocycles. The van der Waals surface area contributed by atoms with Crippen LogP contribution in [0.5, 0.6) is 0 Å². The standard InChI is InChI=1S/C7H14N2O3/c1-8-4-2-6(10)9-5-3-7(11)12/h8H,2-5H2,1H3,(H,9,10)(H,11,12). The first-order valence-corrected chi connectivity index (χ1v) is 3.80. The van der Waals surface area contributed by atoms with Gasteiger partial charge in [-0.25, -0.2) is 0 Å². The van der Waals surface area contributed by atoms with Crippen LogP contribution in [0.1, 0.15) is 12.8 Å². The Morgan fingerprint density at radius 2 is 1.92 bits per heavy atom. The van der Waals surface area contributed by atoms with Crippen molar-refractivity contribution in [2.24, 2.45) is 0 Å². The average Bonchev–Trinajstić information content (AvgIpc) is 2.00. The van der Waals surface area contributed by atoms with Crippen LogP contribution < -0.4 is 10.6 Å². The lowest BCUT2D eigenvalue weighted by molar-refractivity contribution is -0.136. The molecule has 0 spiro atoms. The second-order valence-electron chi connectivity index (χ2n) is 2.35. The van der Waals surface area contributed by atoms with Gasteiger partial charge in [-0.15, -0.1) is 0 Å². The average molecular weight is 174 g/mol. The lowest BCUT2D eigenvalue weighted by atomic mass is 10.3. The molecule has 0 unspecified atom stereocenters. The zero-order valence-electron chi connectivity index (χ0n) is 7.09. The topological polar surface area (TPSA) is 78.4 Å². The minimum atomic E-state index is -0.899. The molecule has 0 fully saturated rings. The van der Waals surface area contributed by atoms with Crippen molar-refractivity contribution in [2.45, 2.75) is 12.8 Å². The lowest BCUT2D eigenvalue weighted by Gasteiger charge is -2.01. The van der Waals surface area contributed by atoms with Gasteiger partial charge < -0.3 is 15.7 Å². The van der Waals surface area contributed by atoms with Gasteiger partial charge in [0.05, 0.1) is 6.42 Å². The molecule has 0 rings (SSSR count). The van der Waals surface area contributed by atoms with Crippen LogP contribution in [0, 0.1) is 0 Å². The monoisotopic (exact) mass is 174 g/mol. The van der Waals surface area contributed by atoms with E-state index in [0.29, 0.717) is 13.0 Å². The number of carbonyl (C=O) groups excluding carboxylic acids is 1. The van der Waals surface area contributed by atoms with Crippen LogP contribution in [-0.2, 0) is 9.59 Å². The van der Waals surface area contributed by atoms with Crippen molar-refractivity contribution in [2.75, 3.05) is 20.1 Å². The number of aliphatic carboxylic acids is 1. The summed E-state index contributed by atoms with van der Waals surface area (Å²) in [6, 6.07) is 0. The Morgan fingerprint density at radius 1 is 1.25 bits per heavy atom. The van der Waals surface area contributed by atoms with Gasteiger partial charge in [-0.1, -0.05) is 0 Å². The van der Waals surface area contributed by atoms with Gasteiger partial charge in [-0.2, -0.15) is 0 Å². The van der Waals surface area contributed by atoms with Crippen molar-refractivity contribution < 1.29 is 14.7 Å². The fourth-order valence-electron chi connectivity index (χ4n) is 0.636. The third-order valence-electron chi connectivity index (χ3n) is 1.26. The summed E-state index contributed by atoms with van der Waals surface area (Å²) in [4.78, 5) is 20.9. The minimum Gasteiger partial charge on any atom is -0.481 e. The lowest BCUT2D eigenvalue weighted by Crippen LogP contribution is -2.28. The summed E-state index contributed by atoms with van der Waals surface area (Å²) in [7, 11) is 1.75. The normalized spacial score (nSPS) is 9.42. The molecule has 0 saturated carbocycles. The van der Waals surface area contributed by atoms with Crippen molar-refractivity contribution in [3.05, 3.63) is 0 Å². The Balaban J connectivity index is 3.25. The predicted octanol–water partition coefficient (Wildman–Crippen LogP) is -0.813. The van der Waals surface area contributed by atoms with E-state index in [1.165, 1.54) is 0 Å². The van der Waals surface area contributed by atoms with Gasteiger partial charge in [-0.05, 0) is 7.05 Å². The summed E-state index contributed by atoms with van der Waals surface area (Å²) in [5.41, 5.74) is 0. The second-order valence-corrected chi connectivity index (χ2v) is 2.35. The van der Waals surface area contributed by atoms with Gasteiger partial charge in [0.2, 0.25) is 5.91 Å². The Labute approximate surface area is 71.1 Å². The maximum Gasteiger partial charge on any atom is 0.305 e. The van der Waals surface area contributed by atoms with Crippen molar-refractivity contribution in [1.82, 2.24) is 10.6 Å². The van der Waals surface area contributed by atoms with Crippen LogP contribution in [0.15, 0.2) is 0 Å². The molecule has 0 aromatic heterocycles. The SMILES string of the molecule is CNCCC(=O)NCCC(=O)O. The number of hydrogen-bond donors (Lipinski definition) is 3. The van der Waals surface area contributed by atoms with Crippen LogP contribution in [0.4, 0.5) is 0 Å². The number of carbonyl (C=O) groups is 2. The molecule has 0 radical (unpaired) electrons. The number of carboxylic acid groups (broad SMARTS) is 1. The van der Waals surface area contributed by atoms with E-state index in [-0.39, 0.29) is 18.9 Å². The van der Waals surface area contributed by atoms with Crippen molar-refractivity contribution in [3.8, 4) is 0 Å². The first kappa shape index (κ1) is 10.9. The fraction of sp³-hybridized carbons (Fsp3) is 0.714. The molecule has 0 atom stereocenters. The highest BCUT2D eigenvalue weighted by molar-refractivity contribution is 5.76. The van der Waals surface area contributed by atoms with Crippen molar-refractivity contribution >= 4 is 11.9 Å². The molecule has 1 amide bonds. The van der Waals surface area contributed by atoms with Gasteiger partial charge in [0.15, 0.2) is 0 Å². The van der Waals surface area contributed by atoms with E-state index >= 15 is 0 Å². The summed E-state index contributed by atoms with van der Waals surface area (Å²) in [5, 5.41) is 13.5. The van der Waals surface area contributed by atoms with Gasteiger partial charge in [0.25, 0.3) is 0 Å². The molecule has 3 N–H and O–H groups in total. The van der Waals surface area contributed by atoms with E-state index in [1.807, 2.05) is 0 Å². The predicted molar refractivity (Wildman–Crippen MR) is 43.8 cm³/mol. The molecular formula is C7H14N2O3. The van der Waals surface area contributed by atoms with E-state index in [9.17, 15) is 9.59 Å². The van der Waals surface area contributed by atoms with Crippen LogP contribution in [0.25, 0.3) is 0 Å². The van der Waals surface area contributed by atoms with Crippen LogP contribution in [0.3, 0.4) is 0 Å². The molecule has 12 heavy (non-hydrogen) atoms. The van der Waals surface area contributed by atoms with Gasteiger partial charge in [-0.3, -0.25) is 9.59 Å². The van der Waals surface area contributed by atoms with Crippen molar-refractivity contribution in [1.29, 1.82) is 0 Å². The first-order valence-electron chi connectivity index (χ1n) is 3.80. The third kappa shape index (κ3) is 7.01. The fourth-order valence-corrected chi connectivity index (χ4v) is 0.636. The molecule has 5 nitrogen and oxygen atoms in total. The highest BCUT2D eigenvalue weighted by Crippen LogP contribution is 1.79. The van der Waals surface area contributed by atoms with E-state index in [4.69, 9.17) is 5.11 Å². The molecule has 0 aromatic carbocycles. The largest absolute Gasteiger partial charge is 0.481 e. The molecule has 70 valence electrons. The summed E-state index contributed by atoms with van der Waals surface area (Å²) in [6.45, 7) is 0.816. The highest BCUT2D eigenvalue weighted by Gasteiger charge is 2.00. The van der Waals surface area contributed by atoms with E-state index in [1.54, 1.807) is 7.05 Å². The van der Waals surface area contributed by atoms with Crippen LogP contribution >= 0.6 is 0 Å². The Bertz CT molecular complexity index is 159. The Morgan fingerprint density at radius 3 is 2.42 bits per heavy atom. The van der Waals surface area contributed by atoms with Crippen molar-refractivity contribution in [3.63, 3.8) is 0 Å². The summed E-state index contributed by atoms with van der Waals surface area (Å²) in [6.07, 6.45) is 0.363. The molecule has 0 heterocycles. The smallest absolute Gasteiger partial charge is 0.305 e. The number of amides is 1. The van der Waals surface area contributed by atoms with Gasteiger partial charge >= 0.3 is 5.97 Å². The van der Waals surface area contributed by atoms with E-state index < -0.39 is 5.97 Å². The quantitative estimate of drug-likeness (QED) is 0.492. The zero-order valence-corrected chi connectivity index (χ0v) is 7.09. The summed E-state index contributed by atoms with van der Waals surface area (Å²) < 4.78 is 0. The Kier molecular flexibility index (Phi) is 6.00.